The number of rotatable bonds is 7. The van der Waals surface area contributed by atoms with E-state index in [0.717, 1.165) is 19.0 Å². The fourth-order valence-corrected chi connectivity index (χ4v) is 3.14. The molecule has 0 bridgehead atoms. The summed E-state index contributed by atoms with van der Waals surface area (Å²) >= 11 is 0. The summed E-state index contributed by atoms with van der Waals surface area (Å²) < 4.78 is 0. The lowest BCUT2D eigenvalue weighted by molar-refractivity contribution is 0.123. The van der Waals surface area contributed by atoms with E-state index in [1.165, 1.54) is 32.4 Å². The molecule has 1 heterocycles. The van der Waals surface area contributed by atoms with Crippen LogP contribution in [0.5, 0.6) is 0 Å². The van der Waals surface area contributed by atoms with Crippen molar-refractivity contribution in [3.8, 4) is 0 Å². The van der Waals surface area contributed by atoms with Crippen LogP contribution in [0.4, 0.5) is 0 Å². The van der Waals surface area contributed by atoms with Crippen LogP contribution in [0.3, 0.4) is 0 Å². The van der Waals surface area contributed by atoms with E-state index in [0.29, 0.717) is 6.04 Å². The molecule has 1 saturated carbocycles. The molecule has 1 saturated heterocycles. The number of nitrogens with one attached hydrogen (secondary N) is 1. The van der Waals surface area contributed by atoms with Gasteiger partial charge in [0, 0.05) is 25.7 Å². The highest BCUT2D eigenvalue weighted by Crippen LogP contribution is 2.23. The molecule has 0 aromatic carbocycles. The molecule has 0 amide bonds. The van der Waals surface area contributed by atoms with Crippen LogP contribution >= 0.6 is 0 Å². The Morgan fingerprint density at radius 3 is 2.61 bits per heavy atom. The minimum absolute atomic E-state index is 0.138. The minimum Gasteiger partial charge on any atom is -0.394 e. The number of likely N-dealkylation sites (tertiary alicyclic amines) is 1. The maximum absolute atomic E-state index is 9.62. The van der Waals surface area contributed by atoms with Crippen LogP contribution in [0.25, 0.3) is 0 Å². The summed E-state index contributed by atoms with van der Waals surface area (Å²) in [4.78, 5) is 4.79. The van der Waals surface area contributed by atoms with Gasteiger partial charge in [-0.1, -0.05) is 0 Å². The summed E-state index contributed by atoms with van der Waals surface area (Å²) in [5.41, 5.74) is -0.138. The number of aliphatic hydroxyl groups is 1. The van der Waals surface area contributed by atoms with E-state index in [2.05, 4.69) is 36.1 Å². The Balaban J connectivity index is 1.75. The van der Waals surface area contributed by atoms with Crippen molar-refractivity contribution < 1.29 is 5.11 Å². The quantitative estimate of drug-likeness (QED) is 0.689. The Bertz CT molecular complexity index is 270. The Morgan fingerprint density at radius 2 is 2.11 bits per heavy atom. The van der Waals surface area contributed by atoms with E-state index >= 15 is 0 Å². The lowest BCUT2D eigenvalue weighted by Gasteiger charge is -2.34. The average molecular weight is 255 g/mol. The number of hydrogen-bond acceptors (Lipinski definition) is 4. The summed E-state index contributed by atoms with van der Waals surface area (Å²) in [6.45, 7) is 6.89. The number of aliphatic hydroxyl groups excluding tert-OH is 1. The molecule has 2 unspecified atom stereocenters. The van der Waals surface area contributed by atoms with Crippen LogP contribution in [0.1, 0.15) is 26.2 Å². The predicted octanol–water partition coefficient (Wildman–Crippen LogP) is 0.373. The SMILES string of the molecule is CN1CCC(CN(C)CC(C)(CO)NC2CC2)C1. The third-order valence-corrected chi connectivity index (χ3v) is 4.16. The van der Waals surface area contributed by atoms with Crippen LogP contribution in [0.15, 0.2) is 0 Å². The van der Waals surface area contributed by atoms with Gasteiger partial charge in [0.15, 0.2) is 0 Å². The fraction of sp³-hybridized carbons (Fsp3) is 1.00. The summed E-state index contributed by atoms with van der Waals surface area (Å²) in [5, 5.41) is 13.2. The van der Waals surface area contributed by atoms with Gasteiger partial charge in [-0.05, 0) is 52.7 Å². The second-order valence-electron chi connectivity index (χ2n) is 6.75. The zero-order chi connectivity index (χ0) is 13.2. The van der Waals surface area contributed by atoms with Crippen molar-refractivity contribution in [2.45, 2.75) is 37.8 Å². The van der Waals surface area contributed by atoms with E-state index in [4.69, 9.17) is 0 Å². The van der Waals surface area contributed by atoms with Crippen molar-refractivity contribution in [2.24, 2.45) is 5.92 Å². The molecule has 2 atom stereocenters. The van der Waals surface area contributed by atoms with Crippen molar-refractivity contribution in [1.82, 2.24) is 15.1 Å². The first kappa shape index (κ1) is 14.3. The Labute approximate surface area is 111 Å². The van der Waals surface area contributed by atoms with Crippen molar-refractivity contribution >= 4 is 0 Å². The Kier molecular flexibility index (Phi) is 4.64. The molecule has 1 aliphatic carbocycles. The van der Waals surface area contributed by atoms with Gasteiger partial charge >= 0.3 is 0 Å². The molecular weight excluding hydrogens is 226 g/mol. The van der Waals surface area contributed by atoms with Crippen LogP contribution < -0.4 is 5.32 Å². The molecule has 106 valence electrons. The first-order valence-corrected chi connectivity index (χ1v) is 7.26. The molecule has 0 radical (unpaired) electrons. The number of hydrogen-bond donors (Lipinski definition) is 2. The summed E-state index contributed by atoms with van der Waals surface area (Å²) in [5.74, 6) is 0.795. The van der Waals surface area contributed by atoms with E-state index in [-0.39, 0.29) is 12.1 Å². The third-order valence-electron chi connectivity index (χ3n) is 4.16. The maximum atomic E-state index is 9.62. The van der Waals surface area contributed by atoms with Gasteiger partial charge in [0.1, 0.15) is 0 Å². The zero-order valence-electron chi connectivity index (χ0n) is 12.2. The molecule has 0 aromatic heterocycles. The molecule has 1 aliphatic heterocycles. The zero-order valence-corrected chi connectivity index (χ0v) is 12.2. The lowest BCUT2D eigenvalue weighted by Crippen LogP contribution is -2.54. The molecule has 0 aromatic rings. The molecule has 0 spiro atoms. The van der Waals surface area contributed by atoms with Gasteiger partial charge in [0.05, 0.1) is 12.1 Å². The van der Waals surface area contributed by atoms with Crippen LogP contribution in [-0.2, 0) is 0 Å². The summed E-state index contributed by atoms with van der Waals surface area (Å²) in [7, 11) is 4.38. The summed E-state index contributed by atoms with van der Waals surface area (Å²) in [6.07, 6.45) is 3.85. The summed E-state index contributed by atoms with van der Waals surface area (Å²) in [6, 6.07) is 0.646. The van der Waals surface area contributed by atoms with Crippen molar-refractivity contribution in [1.29, 1.82) is 0 Å². The first-order chi connectivity index (χ1) is 8.50. The average Bonchev–Trinajstić information content (AvgIpc) is 3.00. The van der Waals surface area contributed by atoms with Crippen molar-refractivity contribution in [2.75, 3.05) is 46.9 Å². The number of nitrogens with zero attached hydrogens (tertiary/aromatic N) is 2. The second kappa shape index (κ2) is 5.87. The van der Waals surface area contributed by atoms with E-state index < -0.39 is 0 Å². The lowest BCUT2D eigenvalue weighted by atomic mass is 10.0. The smallest absolute Gasteiger partial charge is 0.0623 e. The molecule has 2 rings (SSSR count). The fourth-order valence-electron chi connectivity index (χ4n) is 3.14. The maximum Gasteiger partial charge on any atom is 0.0623 e. The van der Waals surface area contributed by atoms with Gasteiger partial charge in [-0.25, -0.2) is 0 Å². The third kappa shape index (κ3) is 4.19. The molecule has 4 nitrogen and oxygen atoms in total. The van der Waals surface area contributed by atoms with Crippen LogP contribution in [0.2, 0.25) is 0 Å². The first-order valence-electron chi connectivity index (χ1n) is 7.26. The Hall–Kier alpha value is -0.160. The molecular formula is C14H29N3O. The molecule has 2 fully saturated rings. The van der Waals surface area contributed by atoms with Gasteiger partial charge in [-0.2, -0.15) is 0 Å². The van der Waals surface area contributed by atoms with E-state index in [1.807, 2.05) is 0 Å². The minimum atomic E-state index is -0.138. The largest absolute Gasteiger partial charge is 0.394 e. The monoisotopic (exact) mass is 255 g/mol. The normalized spacial score (nSPS) is 28.8. The van der Waals surface area contributed by atoms with Gasteiger partial charge in [0.2, 0.25) is 0 Å². The molecule has 2 aliphatic rings. The number of likely N-dealkylation sites (N-methyl/N-ethyl adjacent to an activating group) is 1. The standard InChI is InChI=1S/C14H29N3O/c1-14(11-18,15-13-4-5-13)10-17(3)9-12-6-7-16(2)8-12/h12-13,15,18H,4-11H2,1-3H3. The van der Waals surface area contributed by atoms with Crippen molar-refractivity contribution in [3.63, 3.8) is 0 Å². The van der Waals surface area contributed by atoms with Crippen LogP contribution in [0, 0.1) is 5.92 Å². The highest BCUT2D eigenvalue weighted by Gasteiger charge is 2.33. The van der Waals surface area contributed by atoms with Gasteiger partial charge in [-0.15, -0.1) is 0 Å². The van der Waals surface area contributed by atoms with Crippen molar-refractivity contribution in [3.05, 3.63) is 0 Å². The van der Waals surface area contributed by atoms with E-state index in [1.54, 1.807) is 0 Å². The molecule has 18 heavy (non-hydrogen) atoms. The van der Waals surface area contributed by atoms with Gasteiger partial charge in [-0.3, -0.25) is 0 Å². The molecule has 2 N–H and O–H groups in total. The van der Waals surface area contributed by atoms with E-state index in [9.17, 15) is 5.11 Å². The van der Waals surface area contributed by atoms with Gasteiger partial charge < -0.3 is 20.2 Å². The second-order valence-corrected chi connectivity index (χ2v) is 6.75. The predicted molar refractivity (Wildman–Crippen MR) is 74.7 cm³/mol. The highest BCUT2D eigenvalue weighted by atomic mass is 16.3. The molecule has 4 heteroatoms. The Morgan fingerprint density at radius 1 is 1.39 bits per heavy atom. The van der Waals surface area contributed by atoms with Gasteiger partial charge in [0.25, 0.3) is 0 Å². The highest BCUT2D eigenvalue weighted by molar-refractivity contribution is 4.94. The topological polar surface area (TPSA) is 38.7 Å². The van der Waals surface area contributed by atoms with Crippen LogP contribution in [-0.4, -0.2) is 73.4 Å².